The lowest BCUT2D eigenvalue weighted by Gasteiger charge is -2.11. The third kappa shape index (κ3) is 5.98. The Morgan fingerprint density at radius 3 is 2.33 bits per heavy atom. The fourth-order valence-electron chi connectivity index (χ4n) is 4.03. The summed E-state index contributed by atoms with van der Waals surface area (Å²) in [5.74, 6) is 0.189. The number of Topliss-reactive ketones (excluding diaryl/α,β-unsaturated/α-hetero) is 1. The maximum absolute atomic E-state index is 12.8. The molecule has 3 nitrogen and oxygen atoms in total. The van der Waals surface area contributed by atoms with E-state index in [0.29, 0.717) is 6.42 Å². The molecule has 0 bridgehead atoms. The van der Waals surface area contributed by atoms with Gasteiger partial charge in [0, 0.05) is 22.7 Å². The van der Waals surface area contributed by atoms with Crippen LogP contribution in [0.2, 0.25) is 0 Å². The first-order valence-electron chi connectivity index (χ1n) is 11.2. The first kappa shape index (κ1) is 23.0. The van der Waals surface area contributed by atoms with E-state index in [9.17, 15) is 9.90 Å². The van der Waals surface area contributed by atoms with Crippen LogP contribution in [0.15, 0.2) is 78.9 Å². The third-order valence-corrected chi connectivity index (χ3v) is 6.78. The van der Waals surface area contributed by atoms with Crippen LogP contribution in [0.1, 0.15) is 51.4 Å². The number of nitrogens with one attached hydrogen (secondary N) is 1. The highest BCUT2D eigenvalue weighted by Crippen LogP contribution is 2.31. The van der Waals surface area contributed by atoms with Crippen LogP contribution in [0, 0.1) is 13.8 Å². The lowest BCUT2D eigenvalue weighted by molar-refractivity contribution is 0.0986. The molecule has 0 radical (unpaired) electrons. The number of carbonyl (C=O) groups excluding carboxylic acids is 1. The number of anilines is 2. The van der Waals surface area contributed by atoms with Gasteiger partial charge in [0.1, 0.15) is 0 Å². The number of benzene rings is 3. The van der Waals surface area contributed by atoms with Gasteiger partial charge in [-0.2, -0.15) is 0 Å². The van der Waals surface area contributed by atoms with Gasteiger partial charge in [0.15, 0.2) is 5.78 Å². The average molecular weight is 456 g/mol. The Morgan fingerprint density at radius 2 is 1.61 bits per heavy atom. The molecule has 4 rings (SSSR count). The van der Waals surface area contributed by atoms with Crippen molar-refractivity contribution < 1.29 is 9.90 Å². The summed E-state index contributed by atoms with van der Waals surface area (Å²) in [5.41, 5.74) is 7.54. The second kappa shape index (κ2) is 10.2. The molecule has 1 aromatic heterocycles. The van der Waals surface area contributed by atoms with E-state index in [1.54, 1.807) is 18.3 Å². The van der Waals surface area contributed by atoms with Crippen molar-refractivity contribution in [2.24, 2.45) is 0 Å². The number of aryl methyl sites for hydroxylation is 3. The highest BCUT2D eigenvalue weighted by atomic mass is 32.1. The third-order valence-electron chi connectivity index (χ3n) is 5.61. The van der Waals surface area contributed by atoms with Gasteiger partial charge in [0.05, 0.1) is 11.0 Å². The van der Waals surface area contributed by atoms with Gasteiger partial charge in [-0.25, -0.2) is 0 Å². The van der Waals surface area contributed by atoms with Crippen molar-refractivity contribution in [2.75, 3.05) is 5.32 Å². The molecule has 0 saturated heterocycles. The zero-order chi connectivity index (χ0) is 23.4. The van der Waals surface area contributed by atoms with Gasteiger partial charge in [-0.05, 0) is 80.3 Å². The standard InChI is InChI=1S/C29H29NO2S/c1-19-14-20(2)16-22(15-19)10-11-27(32)29-13-12-28(33-29)24-7-5-9-26(18-24)30-25-8-4-6-23(17-25)21(3)31/h4-9,12-18,21,30-31H,10-11H2,1-3H3. The van der Waals surface area contributed by atoms with Crippen molar-refractivity contribution in [1.29, 1.82) is 0 Å². The zero-order valence-corrected chi connectivity index (χ0v) is 20.1. The molecule has 0 aliphatic carbocycles. The van der Waals surface area contributed by atoms with E-state index in [1.807, 2.05) is 48.5 Å². The highest BCUT2D eigenvalue weighted by molar-refractivity contribution is 7.17. The van der Waals surface area contributed by atoms with E-state index >= 15 is 0 Å². The number of carbonyl (C=O) groups is 1. The molecule has 4 heteroatoms. The number of thiophene rings is 1. The fourth-order valence-corrected chi connectivity index (χ4v) is 5.00. The van der Waals surface area contributed by atoms with Crippen molar-refractivity contribution in [3.05, 3.63) is 106 Å². The molecule has 2 N–H and O–H groups in total. The Balaban J connectivity index is 1.44. The van der Waals surface area contributed by atoms with E-state index in [-0.39, 0.29) is 5.78 Å². The molecule has 1 atom stereocenters. The number of hydrogen-bond donors (Lipinski definition) is 2. The molecule has 1 unspecified atom stereocenters. The molecule has 1 heterocycles. The lowest BCUT2D eigenvalue weighted by atomic mass is 10.0. The van der Waals surface area contributed by atoms with Crippen LogP contribution in [-0.2, 0) is 6.42 Å². The summed E-state index contributed by atoms with van der Waals surface area (Å²) in [6.45, 7) is 5.95. The minimum atomic E-state index is -0.505. The van der Waals surface area contributed by atoms with Gasteiger partial charge in [-0.3, -0.25) is 4.79 Å². The van der Waals surface area contributed by atoms with Crippen LogP contribution in [0.5, 0.6) is 0 Å². The molecule has 0 aliphatic rings. The summed E-state index contributed by atoms with van der Waals surface area (Å²) in [6, 6.07) is 26.4. The summed E-state index contributed by atoms with van der Waals surface area (Å²) in [7, 11) is 0. The minimum Gasteiger partial charge on any atom is -0.389 e. The molecule has 4 aromatic rings. The predicted molar refractivity (Wildman–Crippen MR) is 139 cm³/mol. The summed E-state index contributed by atoms with van der Waals surface area (Å²) >= 11 is 1.55. The summed E-state index contributed by atoms with van der Waals surface area (Å²) in [6.07, 6.45) is 0.777. The Bertz CT molecular complexity index is 1250. The maximum atomic E-state index is 12.8. The Kier molecular flexibility index (Phi) is 7.07. The number of aliphatic hydroxyl groups excluding tert-OH is 1. The van der Waals surface area contributed by atoms with Gasteiger partial charge in [-0.15, -0.1) is 11.3 Å². The van der Waals surface area contributed by atoms with Gasteiger partial charge in [0.25, 0.3) is 0 Å². The Morgan fingerprint density at radius 1 is 0.909 bits per heavy atom. The van der Waals surface area contributed by atoms with E-state index in [4.69, 9.17) is 0 Å². The van der Waals surface area contributed by atoms with Crippen LogP contribution >= 0.6 is 11.3 Å². The maximum Gasteiger partial charge on any atom is 0.173 e. The van der Waals surface area contributed by atoms with Gasteiger partial charge < -0.3 is 10.4 Å². The molecule has 0 fully saturated rings. The van der Waals surface area contributed by atoms with Crippen molar-refractivity contribution in [3.8, 4) is 10.4 Å². The Hall–Kier alpha value is -3.21. The normalized spacial score (nSPS) is 11.9. The van der Waals surface area contributed by atoms with E-state index in [1.165, 1.54) is 16.7 Å². The molecule has 0 aliphatic heterocycles. The molecule has 0 amide bonds. The number of hydrogen-bond acceptors (Lipinski definition) is 4. The van der Waals surface area contributed by atoms with Crippen molar-refractivity contribution in [3.63, 3.8) is 0 Å². The van der Waals surface area contributed by atoms with Crippen molar-refractivity contribution >= 4 is 28.5 Å². The smallest absolute Gasteiger partial charge is 0.173 e. The molecular weight excluding hydrogens is 426 g/mol. The van der Waals surface area contributed by atoms with E-state index in [0.717, 1.165) is 38.7 Å². The molecule has 0 saturated carbocycles. The lowest BCUT2D eigenvalue weighted by Crippen LogP contribution is -1.99. The van der Waals surface area contributed by atoms with Gasteiger partial charge in [0.2, 0.25) is 0 Å². The van der Waals surface area contributed by atoms with Crippen LogP contribution in [0.4, 0.5) is 11.4 Å². The zero-order valence-electron chi connectivity index (χ0n) is 19.3. The first-order chi connectivity index (χ1) is 15.9. The summed E-state index contributed by atoms with van der Waals surface area (Å²) in [5, 5.41) is 13.2. The SMILES string of the molecule is Cc1cc(C)cc(CCC(=O)c2ccc(-c3cccc(Nc4cccc(C(C)O)c4)c3)s2)c1. The van der Waals surface area contributed by atoms with Crippen LogP contribution in [0.3, 0.4) is 0 Å². The number of ketones is 1. The fraction of sp³-hybridized carbons (Fsp3) is 0.207. The molecule has 168 valence electrons. The van der Waals surface area contributed by atoms with Gasteiger partial charge in [-0.1, -0.05) is 53.6 Å². The molecule has 0 spiro atoms. The van der Waals surface area contributed by atoms with Crippen molar-refractivity contribution in [2.45, 2.75) is 39.7 Å². The summed E-state index contributed by atoms with van der Waals surface area (Å²) in [4.78, 5) is 14.7. The van der Waals surface area contributed by atoms with E-state index in [2.05, 4.69) is 49.5 Å². The topological polar surface area (TPSA) is 49.3 Å². The Labute approximate surface area is 199 Å². The minimum absolute atomic E-state index is 0.189. The van der Waals surface area contributed by atoms with Crippen molar-refractivity contribution in [1.82, 2.24) is 0 Å². The molecule has 33 heavy (non-hydrogen) atoms. The number of aliphatic hydroxyl groups is 1. The van der Waals surface area contributed by atoms with E-state index < -0.39 is 6.10 Å². The summed E-state index contributed by atoms with van der Waals surface area (Å²) < 4.78 is 0. The van der Waals surface area contributed by atoms with Crippen LogP contribution in [0.25, 0.3) is 10.4 Å². The predicted octanol–water partition coefficient (Wildman–Crippen LogP) is 7.64. The number of rotatable bonds is 8. The largest absolute Gasteiger partial charge is 0.389 e. The monoisotopic (exact) mass is 455 g/mol. The quantitative estimate of drug-likeness (QED) is 0.268. The van der Waals surface area contributed by atoms with Crippen LogP contribution < -0.4 is 5.32 Å². The van der Waals surface area contributed by atoms with Gasteiger partial charge >= 0.3 is 0 Å². The van der Waals surface area contributed by atoms with Crippen LogP contribution in [-0.4, -0.2) is 10.9 Å². The molecular formula is C29H29NO2S. The highest BCUT2D eigenvalue weighted by Gasteiger charge is 2.12. The second-order valence-corrected chi connectivity index (χ2v) is 9.67. The first-order valence-corrected chi connectivity index (χ1v) is 12.0. The molecule has 3 aromatic carbocycles. The average Bonchev–Trinajstić information content (AvgIpc) is 3.28. The second-order valence-electron chi connectivity index (χ2n) is 8.59.